The number of nitrogens with zero attached hydrogens (tertiary/aromatic N) is 3. The van der Waals surface area contributed by atoms with Crippen molar-refractivity contribution in [3.8, 4) is 11.5 Å². The van der Waals surface area contributed by atoms with Gasteiger partial charge in [0.1, 0.15) is 5.60 Å². The minimum Gasteiger partial charge on any atom is -0.454 e. The maximum absolute atomic E-state index is 13.0. The molecule has 3 aliphatic rings. The van der Waals surface area contributed by atoms with Gasteiger partial charge in [-0.1, -0.05) is 6.07 Å². The van der Waals surface area contributed by atoms with E-state index in [1.807, 2.05) is 24.0 Å². The molecule has 8 nitrogen and oxygen atoms in total. The lowest BCUT2D eigenvalue weighted by Crippen LogP contribution is -2.58. The SMILES string of the molecule is CCOCCN1CCC(O)(C(=O)N2CCN(Cc3ccc4c(c3)OCO4)CC2)CC1. The summed E-state index contributed by atoms with van der Waals surface area (Å²) in [5.74, 6) is 1.50. The van der Waals surface area contributed by atoms with Gasteiger partial charge in [-0.3, -0.25) is 9.69 Å². The van der Waals surface area contributed by atoms with Gasteiger partial charge in [-0.05, 0) is 37.5 Å². The van der Waals surface area contributed by atoms with Crippen LogP contribution in [-0.2, 0) is 16.1 Å². The summed E-state index contributed by atoms with van der Waals surface area (Å²) in [4.78, 5) is 19.5. The van der Waals surface area contributed by atoms with Gasteiger partial charge in [0, 0.05) is 59.0 Å². The van der Waals surface area contributed by atoms with Gasteiger partial charge in [-0.2, -0.15) is 0 Å². The molecule has 0 radical (unpaired) electrons. The number of piperidine rings is 1. The lowest BCUT2D eigenvalue weighted by molar-refractivity contribution is -0.158. The van der Waals surface area contributed by atoms with E-state index in [-0.39, 0.29) is 12.7 Å². The number of carbonyl (C=O) groups is 1. The molecule has 3 heterocycles. The van der Waals surface area contributed by atoms with Crippen molar-refractivity contribution in [3.05, 3.63) is 23.8 Å². The molecule has 2 fully saturated rings. The van der Waals surface area contributed by atoms with E-state index in [1.165, 1.54) is 5.56 Å². The first-order chi connectivity index (χ1) is 14.6. The van der Waals surface area contributed by atoms with Crippen LogP contribution in [0.3, 0.4) is 0 Å². The van der Waals surface area contributed by atoms with Crippen molar-refractivity contribution < 1.29 is 24.1 Å². The predicted octanol–water partition coefficient (Wildman–Crippen LogP) is 0.923. The van der Waals surface area contributed by atoms with Crippen molar-refractivity contribution >= 4 is 5.91 Å². The smallest absolute Gasteiger partial charge is 0.254 e. The number of piperazine rings is 1. The first-order valence-corrected chi connectivity index (χ1v) is 11.0. The average molecular weight is 420 g/mol. The number of likely N-dealkylation sites (tertiary alicyclic amines) is 1. The highest BCUT2D eigenvalue weighted by Gasteiger charge is 2.42. The fourth-order valence-electron chi connectivity index (χ4n) is 4.40. The highest BCUT2D eigenvalue weighted by Crippen LogP contribution is 2.33. The van der Waals surface area contributed by atoms with E-state index >= 15 is 0 Å². The highest BCUT2D eigenvalue weighted by molar-refractivity contribution is 5.85. The quantitative estimate of drug-likeness (QED) is 0.659. The molecule has 1 aromatic rings. The fourth-order valence-corrected chi connectivity index (χ4v) is 4.40. The number of amides is 1. The zero-order valence-corrected chi connectivity index (χ0v) is 17.8. The lowest BCUT2D eigenvalue weighted by Gasteiger charge is -2.42. The van der Waals surface area contributed by atoms with Crippen molar-refractivity contribution in [2.75, 3.05) is 65.8 Å². The summed E-state index contributed by atoms with van der Waals surface area (Å²) in [5, 5.41) is 11.0. The molecular formula is C22H33N3O5. The molecule has 0 saturated carbocycles. The first-order valence-electron chi connectivity index (χ1n) is 11.0. The van der Waals surface area contributed by atoms with Crippen molar-refractivity contribution in [1.82, 2.24) is 14.7 Å². The molecule has 3 aliphatic heterocycles. The normalized spacial score (nSPS) is 21.7. The molecule has 2 saturated heterocycles. The second kappa shape index (κ2) is 9.51. The molecule has 0 bridgehead atoms. The molecule has 8 heteroatoms. The third-order valence-electron chi connectivity index (χ3n) is 6.34. The predicted molar refractivity (Wildman–Crippen MR) is 112 cm³/mol. The molecule has 1 amide bonds. The second-order valence-corrected chi connectivity index (χ2v) is 8.33. The Morgan fingerprint density at radius 2 is 1.80 bits per heavy atom. The number of benzene rings is 1. The van der Waals surface area contributed by atoms with Crippen LogP contribution in [0.5, 0.6) is 11.5 Å². The van der Waals surface area contributed by atoms with E-state index < -0.39 is 5.60 Å². The van der Waals surface area contributed by atoms with Gasteiger partial charge in [-0.25, -0.2) is 0 Å². The monoisotopic (exact) mass is 419 g/mol. The van der Waals surface area contributed by atoms with Crippen LogP contribution >= 0.6 is 0 Å². The number of ether oxygens (including phenoxy) is 3. The maximum atomic E-state index is 13.0. The van der Waals surface area contributed by atoms with Crippen molar-refractivity contribution in [1.29, 1.82) is 0 Å². The van der Waals surface area contributed by atoms with Crippen LogP contribution in [0.4, 0.5) is 0 Å². The summed E-state index contributed by atoms with van der Waals surface area (Å²) >= 11 is 0. The molecule has 0 atom stereocenters. The van der Waals surface area contributed by atoms with E-state index in [9.17, 15) is 9.90 Å². The molecule has 0 spiro atoms. The molecule has 0 aliphatic carbocycles. The molecule has 166 valence electrons. The second-order valence-electron chi connectivity index (χ2n) is 8.33. The molecule has 0 aromatic heterocycles. The number of hydrogen-bond donors (Lipinski definition) is 1. The minimum atomic E-state index is -1.22. The number of rotatable bonds is 7. The maximum Gasteiger partial charge on any atom is 0.254 e. The standard InChI is InChI=1S/C22H33N3O5/c1-2-28-14-13-23-7-5-22(27,6-8-23)21(26)25-11-9-24(10-12-25)16-18-3-4-19-20(15-18)30-17-29-19/h3-4,15,27H,2,5-14,16-17H2,1H3. The summed E-state index contributed by atoms with van der Waals surface area (Å²) < 4.78 is 16.2. The molecule has 4 rings (SSSR count). The largest absolute Gasteiger partial charge is 0.454 e. The van der Waals surface area contributed by atoms with Crippen molar-refractivity contribution in [3.63, 3.8) is 0 Å². The number of fused-ring (bicyclic) bond motifs is 1. The van der Waals surface area contributed by atoms with Gasteiger partial charge < -0.3 is 29.1 Å². The van der Waals surface area contributed by atoms with Crippen LogP contribution in [0.25, 0.3) is 0 Å². The number of carbonyl (C=O) groups excluding carboxylic acids is 1. The van der Waals surface area contributed by atoms with Gasteiger partial charge in [0.15, 0.2) is 11.5 Å². The van der Waals surface area contributed by atoms with Gasteiger partial charge in [0.2, 0.25) is 6.79 Å². The van der Waals surface area contributed by atoms with Crippen LogP contribution in [0.2, 0.25) is 0 Å². The fraction of sp³-hybridized carbons (Fsp3) is 0.682. The Labute approximate surface area is 178 Å². The van der Waals surface area contributed by atoms with E-state index in [0.717, 1.165) is 57.4 Å². The summed E-state index contributed by atoms with van der Waals surface area (Å²) in [6, 6.07) is 6.04. The van der Waals surface area contributed by atoms with E-state index in [1.54, 1.807) is 0 Å². The average Bonchev–Trinajstić information content (AvgIpc) is 3.23. The Bertz CT molecular complexity index is 727. The summed E-state index contributed by atoms with van der Waals surface area (Å²) in [6.45, 7) is 9.75. The van der Waals surface area contributed by atoms with Gasteiger partial charge in [0.05, 0.1) is 6.61 Å². The van der Waals surface area contributed by atoms with Crippen LogP contribution in [0.15, 0.2) is 18.2 Å². The van der Waals surface area contributed by atoms with E-state index in [0.29, 0.717) is 32.5 Å². The molecule has 0 unspecified atom stereocenters. The van der Waals surface area contributed by atoms with E-state index in [4.69, 9.17) is 14.2 Å². The van der Waals surface area contributed by atoms with E-state index in [2.05, 4.69) is 15.9 Å². The van der Waals surface area contributed by atoms with Gasteiger partial charge >= 0.3 is 0 Å². The molecule has 1 aromatic carbocycles. The number of aliphatic hydroxyl groups is 1. The zero-order chi connectivity index (χ0) is 21.0. The van der Waals surface area contributed by atoms with Gasteiger partial charge in [0.25, 0.3) is 5.91 Å². The number of hydrogen-bond acceptors (Lipinski definition) is 7. The Morgan fingerprint density at radius 3 is 2.53 bits per heavy atom. The third kappa shape index (κ3) is 4.88. The Morgan fingerprint density at radius 1 is 1.07 bits per heavy atom. The summed E-state index contributed by atoms with van der Waals surface area (Å²) in [7, 11) is 0. The minimum absolute atomic E-state index is 0.102. The van der Waals surface area contributed by atoms with Gasteiger partial charge in [-0.15, -0.1) is 0 Å². The topological polar surface area (TPSA) is 74.7 Å². The third-order valence-corrected chi connectivity index (χ3v) is 6.34. The molecular weight excluding hydrogens is 386 g/mol. The van der Waals surface area contributed by atoms with Crippen LogP contribution in [0.1, 0.15) is 25.3 Å². The highest BCUT2D eigenvalue weighted by atomic mass is 16.7. The Kier molecular flexibility index (Phi) is 6.77. The van der Waals surface area contributed by atoms with Crippen LogP contribution in [0, 0.1) is 0 Å². The lowest BCUT2D eigenvalue weighted by atomic mass is 9.89. The Hall–Kier alpha value is -1.87. The molecule has 30 heavy (non-hydrogen) atoms. The van der Waals surface area contributed by atoms with Crippen LogP contribution in [-0.4, -0.2) is 97.1 Å². The summed E-state index contributed by atoms with van der Waals surface area (Å²) in [6.07, 6.45) is 0.991. The first kappa shape index (κ1) is 21.4. The van der Waals surface area contributed by atoms with Crippen LogP contribution < -0.4 is 9.47 Å². The van der Waals surface area contributed by atoms with Crippen molar-refractivity contribution in [2.24, 2.45) is 0 Å². The zero-order valence-electron chi connectivity index (χ0n) is 17.8. The molecule has 1 N–H and O–H groups in total. The Balaban J connectivity index is 1.23. The summed E-state index contributed by atoms with van der Waals surface area (Å²) in [5.41, 5.74) is -0.0428. The van der Waals surface area contributed by atoms with Crippen molar-refractivity contribution in [2.45, 2.75) is 31.9 Å².